The quantitative estimate of drug-likeness (QED) is 0.390. The molecule has 2 amide bonds. The van der Waals surface area contributed by atoms with Crippen molar-refractivity contribution < 1.29 is 9.59 Å². The van der Waals surface area contributed by atoms with Crippen LogP contribution in [0.25, 0.3) is 11.7 Å². The predicted octanol–water partition coefficient (Wildman–Crippen LogP) is 1.20. The summed E-state index contributed by atoms with van der Waals surface area (Å²) in [4.78, 5) is 37.2. The number of piperazine rings is 1. The van der Waals surface area contributed by atoms with Crippen LogP contribution < -0.4 is 20.4 Å². The molecule has 12 nitrogen and oxygen atoms in total. The molecule has 1 saturated carbocycles. The number of aromatic nitrogens is 4. The van der Waals surface area contributed by atoms with E-state index in [1.54, 1.807) is 35.1 Å². The average Bonchev–Trinajstić information content (AvgIpc) is 3.56. The second-order valence-corrected chi connectivity index (χ2v) is 9.21. The van der Waals surface area contributed by atoms with Gasteiger partial charge in [0.15, 0.2) is 17.3 Å². The lowest BCUT2D eigenvalue weighted by atomic mass is 10.1. The van der Waals surface area contributed by atoms with Gasteiger partial charge in [0.2, 0.25) is 5.91 Å². The van der Waals surface area contributed by atoms with E-state index >= 15 is 0 Å². The van der Waals surface area contributed by atoms with E-state index in [1.807, 2.05) is 0 Å². The maximum absolute atomic E-state index is 12.1. The fourth-order valence-corrected chi connectivity index (χ4v) is 4.66. The normalized spacial score (nSPS) is 18.7. The highest BCUT2D eigenvalue weighted by Crippen LogP contribution is 2.33. The van der Waals surface area contributed by atoms with Crippen LogP contribution in [0.4, 0.5) is 17.5 Å². The summed E-state index contributed by atoms with van der Waals surface area (Å²) >= 11 is 0. The first-order valence-electron chi connectivity index (χ1n) is 12.0. The minimum atomic E-state index is -0.420. The van der Waals surface area contributed by atoms with Gasteiger partial charge in [-0.3, -0.25) is 14.9 Å². The van der Waals surface area contributed by atoms with Gasteiger partial charge in [0.25, 0.3) is 5.91 Å². The van der Waals surface area contributed by atoms with Crippen LogP contribution in [0.1, 0.15) is 36.0 Å². The molecule has 3 aromatic rings. The lowest BCUT2D eigenvalue weighted by molar-refractivity contribution is -0.124. The third kappa shape index (κ3) is 4.08. The molecule has 3 aliphatic rings. The molecule has 0 aromatic carbocycles. The smallest absolute Gasteiger partial charge is 0.254 e. The summed E-state index contributed by atoms with van der Waals surface area (Å²) < 4.78 is 1.60. The summed E-state index contributed by atoms with van der Waals surface area (Å²) in [5.41, 5.74) is 2.36. The Labute approximate surface area is 211 Å². The lowest BCUT2D eigenvalue weighted by Crippen LogP contribution is -2.47. The van der Waals surface area contributed by atoms with E-state index in [4.69, 9.17) is 4.98 Å². The van der Waals surface area contributed by atoms with Crippen LogP contribution in [0.5, 0.6) is 0 Å². The zero-order valence-corrected chi connectivity index (χ0v) is 19.8. The van der Waals surface area contributed by atoms with Gasteiger partial charge >= 0.3 is 0 Å². The Morgan fingerprint density at radius 1 is 1.08 bits per heavy atom. The van der Waals surface area contributed by atoms with Crippen molar-refractivity contribution in [1.82, 2.24) is 24.9 Å². The molecule has 0 unspecified atom stereocenters. The number of carbonyl (C=O) groups excluding carboxylic acids is 2. The molecule has 12 heteroatoms. The molecule has 3 fully saturated rings. The number of imide groups is 1. The highest BCUT2D eigenvalue weighted by Gasteiger charge is 2.30. The van der Waals surface area contributed by atoms with Gasteiger partial charge < -0.3 is 15.1 Å². The van der Waals surface area contributed by atoms with Crippen molar-refractivity contribution in [2.24, 2.45) is 0 Å². The number of fused-ring (bicyclic) bond motifs is 1. The van der Waals surface area contributed by atoms with Gasteiger partial charge in [-0.2, -0.15) is 20.1 Å². The molecule has 2 saturated heterocycles. The molecule has 5 heterocycles. The monoisotopic (exact) mass is 494 g/mol. The van der Waals surface area contributed by atoms with Crippen LogP contribution in [0, 0.1) is 22.7 Å². The summed E-state index contributed by atoms with van der Waals surface area (Å²) in [5.74, 6) is 0.997. The van der Waals surface area contributed by atoms with Crippen LogP contribution >= 0.6 is 0 Å². The summed E-state index contributed by atoms with van der Waals surface area (Å²) in [5, 5.41) is 29.8. The van der Waals surface area contributed by atoms with Crippen molar-refractivity contribution in [3.63, 3.8) is 0 Å². The first kappa shape index (κ1) is 22.5. The van der Waals surface area contributed by atoms with E-state index in [0.717, 1.165) is 12.8 Å². The van der Waals surface area contributed by atoms with Gasteiger partial charge in [0, 0.05) is 49.6 Å². The Hall–Kier alpha value is -4.97. The van der Waals surface area contributed by atoms with Crippen molar-refractivity contribution in [3.05, 3.63) is 46.8 Å². The Kier molecular flexibility index (Phi) is 5.42. The number of nitrogens with zero attached hydrogens (tertiary/aromatic N) is 8. The maximum Gasteiger partial charge on any atom is 0.254 e. The molecule has 2 N–H and O–H groups in total. The number of pyridine rings is 1. The van der Waals surface area contributed by atoms with E-state index in [-0.39, 0.29) is 18.4 Å². The maximum atomic E-state index is 12.1. The minimum Gasteiger partial charge on any atom is -0.366 e. The van der Waals surface area contributed by atoms with Gasteiger partial charge in [-0.15, -0.1) is 0 Å². The number of anilines is 3. The van der Waals surface area contributed by atoms with Gasteiger partial charge in [-0.05, 0) is 31.1 Å². The summed E-state index contributed by atoms with van der Waals surface area (Å²) in [6.45, 7) is 2.35. The van der Waals surface area contributed by atoms with Crippen molar-refractivity contribution in [3.8, 4) is 12.1 Å². The molecule has 2 aliphatic heterocycles. The van der Waals surface area contributed by atoms with E-state index < -0.39 is 5.91 Å². The molecule has 1 aliphatic carbocycles. The SMILES string of the molecule is N#Cc1cccnc1N1CCN(c2nc3c(/C=C4\CC(=O)NC4=O)cnn3c(NC3CC3)c2C#N)CC1. The van der Waals surface area contributed by atoms with Crippen LogP contribution in [0.2, 0.25) is 0 Å². The molecule has 3 aromatic heterocycles. The van der Waals surface area contributed by atoms with Crippen LogP contribution in [0.15, 0.2) is 30.1 Å². The molecule has 0 atom stereocenters. The Bertz CT molecular complexity index is 1550. The highest BCUT2D eigenvalue weighted by atomic mass is 16.2. The molecule has 0 spiro atoms. The van der Waals surface area contributed by atoms with Crippen molar-refractivity contribution in [1.29, 1.82) is 10.5 Å². The molecule has 184 valence electrons. The predicted molar refractivity (Wildman–Crippen MR) is 133 cm³/mol. The number of nitrogens with one attached hydrogen (secondary N) is 2. The fraction of sp³-hybridized carbons (Fsp3) is 0.320. The average molecular weight is 495 g/mol. The Balaban J connectivity index is 1.38. The molecule has 0 radical (unpaired) electrons. The third-order valence-corrected chi connectivity index (χ3v) is 6.70. The van der Waals surface area contributed by atoms with Crippen molar-refractivity contribution in [2.75, 3.05) is 41.3 Å². The summed E-state index contributed by atoms with van der Waals surface area (Å²) in [7, 11) is 0. The molecule has 0 bridgehead atoms. The van der Waals surface area contributed by atoms with Crippen LogP contribution in [-0.2, 0) is 9.59 Å². The van der Waals surface area contributed by atoms with Crippen molar-refractivity contribution >= 4 is 41.0 Å². The van der Waals surface area contributed by atoms with Gasteiger partial charge in [0.05, 0.1) is 18.2 Å². The zero-order chi connectivity index (χ0) is 25.5. The number of hydrogen-bond donors (Lipinski definition) is 2. The molecular formula is C25H22N10O2. The van der Waals surface area contributed by atoms with E-state index in [9.17, 15) is 20.1 Å². The van der Waals surface area contributed by atoms with E-state index in [2.05, 4.69) is 42.7 Å². The summed E-state index contributed by atoms with van der Waals surface area (Å²) in [6.07, 6.45) is 6.93. The first-order chi connectivity index (χ1) is 18.1. The third-order valence-electron chi connectivity index (χ3n) is 6.70. The Morgan fingerprint density at radius 2 is 1.84 bits per heavy atom. The number of amides is 2. The van der Waals surface area contributed by atoms with E-state index in [0.29, 0.717) is 71.5 Å². The number of nitriles is 2. The second kappa shape index (κ2) is 8.91. The minimum absolute atomic E-state index is 0.00660. The van der Waals surface area contributed by atoms with Gasteiger partial charge in [-0.1, -0.05) is 0 Å². The van der Waals surface area contributed by atoms with Gasteiger partial charge in [0.1, 0.15) is 23.5 Å². The number of rotatable bonds is 5. The second-order valence-electron chi connectivity index (χ2n) is 9.21. The van der Waals surface area contributed by atoms with Crippen molar-refractivity contribution in [2.45, 2.75) is 25.3 Å². The van der Waals surface area contributed by atoms with Gasteiger partial charge in [-0.25, -0.2) is 9.97 Å². The summed E-state index contributed by atoms with van der Waals surface area (Å²) in [6, 6.07) is 8.28. The topological polar surface area (TPSA) is 155 Å². The molecular weight excluding hydrogens is 472 g/mol. The fourth-order valence-electron chi connectivity index (χ4n) is 4.66. The first-order valence-corrected chi connectivity index (χ1v) is 12.0. The Morgan fingerprint density at radius 3 is 2.49 bits per heavy atom. The number of carbonyl (C=O) groups is 2. The largest absolute Gasteiger partial charge is 0.366 e. The van der Waals surface area contributed by atoms with Crippen LogP contribution in [-0.4, -0.2) is 63.6 Å². The van der Waals surface area contributed by atoms with E-state index in [1.165, 1.54) is 0 Å². The molecule has 37 heavy (non-hydrogen) atoms. The number of hydrogen-bond acceptors (Lipinski definition) is 10. The standard InChI is InChI=1S/C25H22N10O2/c26-12-15-2-1-5-28-21(15)33-6-8-34(9-7-33)23-19(13-27)24(30-18-3-4-18)35-22(32-23)17(14-29-35)10-16-11-20(36)31-25(16)37/h1-2,5,10,14,18,30H,3-4,6-9,11H2,(H,31,36,37)/b16-10+. The zero-order valence-electron chi connectivity index (χ0n) is 19.8. The van der Waals surface area contributed by atoms with Crippen LogP contribution in [0.3, 0.4) is 0 Å². The highest BCUT2D eigenvalue weighted by molar-refractivity contribution is 6.15. The lowest BCUT2D eigenvalue weighted by Gasteiger charge is -2.36. The molecule has 6 rings (SSSR count).